The van der Waals surface area contributed by atoms with Crippen molar-refractivity contribution in [3.63, 3.8) is 0 Å². The zero-order valence-electron chi connectivity index (χ0n) is 12.4. The molecule has 0 aliphatic carbocycles. The minimum absolute atomic E-state index is 0.109. The number of amides is 1. The number of carbonyl (C=O) groups excluding carboxylic acids is 2. The lowest BCUT2D eigenvalue weighted by Gasteiger charge is -2.34. The van der Waals surface area contributed by atoms with Gasteiger partial charge in [-0.2, -0.15) is 5.26 Å². The molecule has 1 saturated heterocycles. The van der Waals surface area contributed by atoms with Crippen molar-refractivity contribution < 1.29 is 14.3 Å². The first-order chi connectivity index (χ1) is 9.97. The summed E-state index contributed by atoms with van der Waals surface area (Å²) in [5.41, 5.74) is -0.721. The van der Waals surface area contributed by atoms with E-state index in [-0.39, 0.29) is 18.4 Å². The second-order valence-electron chi connectivity index (χ2n) is 5.46. The number of methoxy groups -OCH3 is 1. The van der Waals surface area contributed by atoms with Gasteiger partial charge in [-0.3, -0.25) is 9.59 Å². The Labute approximate surface area is 124 Å². The van der Waals surface area contributed by atoms with Crippen LogP contribution in [-0.2, 0) is 14.3 Å². The van der Waals surface area contributed by atoms with Gasteiger partial charge in [-0.05, 0) is 19.4 Å². The third kappa shape index (κ3) is 2.27. The number of hydrogen-bond donors (Lipinski definition) is 0. The van der Waals surface area contributed by atoms with Crippen molar-refractivity contribution in [3.8, 4) is 6.07 Å². The van der Waals surface area contributed by atoms with Crippen molar-refractivity contribution in [3.05, 3.63) is 35.9 Å². The lowest BCUT2D eigenvalue weighted by Crippen LogP contribution is -2.41. The van der Waals surface area contributed by atoms with Crippen LogP contribution in [0.3, 0.4) is 0 Å². The van der Waals surface area contributed by atoms with Crippen LogP contribution in [-0.4, -0.2) is 29.9 Å². The Hall–Kier alpha value is -2.35. The van der Waals surface area contributed by atoms with E-state index in [0.29, 0.717) is 0 Å². The standard InChI is InChI=1S/C16H18N2O3/c1-11(2)18-13(19)9-16(10-17,15(20)21-3)14(18)12-7-5-4-6-8-12/h4-8,11,14H,9H2,1-3H3/t14-,16+/m1/s1. The molecular formula is C16H18N2O3. The van der Waals surface area contributed by atoms with Crippen molar-refractivity contribution in [1.29, 1.82) is 5.26 Å². The monoisotopic (exact) mass is 286 g/mol. The van der Waals surface area contributed by atoms with Crippen molar-refractivity contribution in [2.45, 2.75) is 32.4 Å². The van der Waals surface area contributed by atoms with E-state index in [9.17, 15) is 14.9 Å². The summed E-state index contributed by atoms with van der Waals surface area (Å²) in [5.74, 6) is -0.860. The summed E-state index contributed by atoms with van der Waals surface area (Å²) in [6, 6.07) is 10.5. The Bertz CT molecular complexity index is 591. The molecule has 0 radical (unpaired) electrons. The summed E-state index contributed by atoms with van der Waals surface area (Å²) in [6.07, 6.45) is -0.145. The van der Waals surface area contributed by atoms with Gasteiger partial charge in [0.25, 0.3) is 0 Å². The molecule has 0 saturated carbocycles. The van der Waals surface area contributed by atoms with Crippen LogP contribution >= 0.6 is 0 Å². The van der Waals surface area contributed by atoms with Gasteiger partial charge in [0.2, 0.25) is 5.91 Å². The molecule has 0 N–H and O–H groups in total. The first kappa shape index (κ1) is 15.0. The summed E-state index contributed by atoms with van der Waals surface area (Å²) in [7, 11) is 1.24. The highest BCUT2D eigenvalue weighted by atomic mass is 16.5. The van der Waals surface area contributed by atoms with E-state index < -0.39 is 17.4 Å². The van der Waals surface area contributed by atoms with Crippen LogP contribution < -0.4 is 0 Å². The van der Waals surface area contributed by atoms with E-state index in [1.54, 1.807) is 4.90 Å². The predicted octanol–water partition coefficient (Wildman–Crippen LogP) is 2.05. The molecule has 1 aromatic rings. The van der Waals surface area contributed by atoms with Crippen LogP contribution in [0.4, 0.5) is 0 Å². The third-order valence-electron chi connectivity index (χ3n) is 3.88. The first-order valence-corrected chi connectivity index (χ1v) is 6.83. The molecule has 0 unspecified atom stereocenters. The van der Waals surface area contributed by atoms with Gasteiger partial charge >= 0.3 is 5.97 Å². The van der Waals surface area contributed by atoms with Gasteiger partial charge in [0.05, 0.1) is 25.6 Å². The smallest absolute Gasteiger partial charge is 0.329 e. The van der Waals surface area contributed by atoms with Crippen molar-refractivity contribution in [2.75, 3.05) is 7.11 Å². The Morgan fingerprint density at radius 1 is 1.43 bits per heavy atom. The number of rotatable bonds is 3. The fourth-order valence-corrected chi connectivity index (χ4v) is 2.99. The van der Waals surface area contributed by atoms with E-state index in [1.807, 2.05) is 44.2 Å². The van der Waals surface area contributed by atoms with E-state index in [0.717, 1.165) is 5.56 Å². The Morgan fingerprint density at radius 3 is 2.52 bits per heavy atom. The SMILES string of the molecule is COC(=O)[C@]1(C#N)CC(=O)N(C(C)C)[C@@H]1c1ccccc1. The number of likely N-dealkylation sites (tertiary alicyclic amines) is 1. The molecule has 5 nitrogen and oxygen atoms in total. The maximum absolute atomic E-state index is 12.4. The highest BCUT2D eigenvalue weighted by Gasteiger charge is 2.59. The van der Waals surface area contributed by atoms with Gasteiger partial charge in [0.15, 0.2) is 5.41 Å². The zero-order valence-corrected chi connectivity index (χ0v) is 12.4. The van der Waals surface area contributed by atoms with Gasteiger partial charge in [0, 0.05) is 6.04 Å². The number of nitriles is 1. The summed E-state index contributed by atoms with van der Waals surface area (Å²) in [6.45, 7) is 3.75. The van der Waals surface area contributed by atoms with Gasteiger partial charge in [0.1, 0.15) is 0 Å². The summed E-state index contributed by atoms with van der Waals surface area (Å²) >= 11 is 0. The molecule has 0 bridgehead atoms. The second kappa shape index (κ2) is 5.57. The van der Waals surface area contributed by atoms with E-state index in [4.69, 9.17) is 4.74 Å². The molecule has 110 valence electrons. The molecule has 5 heteroatoms. The summed E-state index contributed by atoms with van der Waals surface area (Å²) in [5, 5.41) is 9.64. The quantitative estimate of drug-likeness (QED) is 0.797. The molecule has 0 aromatic heterocycles. The Balaban J connectivity index is 2.63. The number of hydrogen-bond acceptors (Lipinski definition) is 4. The number of carbonyl (C=O) groups is 2. The maximum Gasteiger partial charge on any atom is 0.329 e. The molecule has 2 atom stereocenters. The zero-order chi connectivity index (χ0) is 15.6. The van der Waals surface area contributed by atoms with Crippen LogP contribution in [0.1, 0.15) is 31.9 Å². The fraction of sp³-hybridized carbons (Fsp3) is 0.438. The molecule has 0 spiro atoms. The maximum atomic E-state index is 12.4. The van der Waals surface area contributed by atoms with Crippen LogP contribution in [0.15, 0.2) is 30.3 Å². The summed E-state index contributed by atoms with van der Waals surface area (Å²) < 4.78 is 4.82. The normalized spacial score (nSPS) is 25.0. The highest BCUT2D eigenvalue weighted by Crippen LogP contribution is 2.49. The molecule has 2 rings (SSSR count). The third-order valence-corrected chi connectivity index (χ3v) is 3.88. The van der Waals surface area contributed by atoms with Crippen molar-refractivity contribution >= 4 is 11.9 Å². The van der Waals surface area contributed by atoms with Crippen LogP contribution in [0, 0.1) is 16.7 Å². The minimum Gasteiger partial charge on any atom is -0.468 e. The number of benzene rings is 1. The van der Waals surface area contributed by atoms with Gasteiger partial charge in [-0.25, -0.2) is 0 Å². The number of esters is 1. The fourth-order valence-electron chi connectivity index (χ4n) is 2.99. The van der Waals surface area contributed by atoms with Gasteiger partial charge < -0.3 is 9.64 Å². The van der Waals surface area contributed by atoms with Crippen molar-refractivity contribution in [2.24, 2.45) is 5.41 Å². The van der Waals surface area contributed by atoms with E-state index in [1.165, 1.54) is 7.11 Å². The number of ether oxygens (including phenoxy) is 1. The van der Waals surface area contributed by atoms with Crippen LogP contribution in [0.25, 0.3) is 0 Å². The lowest BCUT2D eigenvalue weighted by molar-refractivity contribution is -0.151. The first-order valence-electron chi connectivity index (χ1n) is 6.83. The van der Waals surface area contributed by atoms with Crippen molar-refractivity contribution in [1.82, 2.24) is 4.90 Å². The van der Waals surface area contributed by atoms with E-state index in [2.05, 4.69) is 6.07 Å². The topological polar surface area (TPSA) is 70.4 Å². The molecule has 21 heavy (non-hydrogen) atoms. The number of nitrogens with zero attached hydrogens (tertiary/aromatic N) is 2. The van der Waals surface area contributed by atoms with E-state index >= 15 is 0 Å². The molecule has 1 aliphatic heterocycles. The molecule has 1 fully saturated rings. The lowest BCUT2D eigenvalue weighted by atomic mass is 9.78. The largest absolute Gasteiger partial charge is 0.468 e. The minimum atomic E-state index is -1.49. The van der Waals surface area contributed by atoms with Gasteiger partial charge in [-0.15, -0.1) is 0 Å². The molecular weight excluding hydrogens is 268 g/mol. The molecule has 1 heterocycles. The molecule has 1 amide bonds. The second-order valence-corrected chi connectivity index (χ2v) is 5.46. The highest BCUT2D eigenvalue weighted by molar-refractivity contribution is 5.93. The van der Waals surface area contributed by atoms with Crippen LogP contribution in [0.2, 0.25) is 0 Å². The molecule has 1 aliphatic rings. The van der Waals surface area contributed by atoms with Crippen LogP contribution in [0.5, 0.6) is 0 Å². The average Bonchev–Trinajstić information content (AvgIpc) is 2.81. The summed E-state index contributed by atoms with van der Waals surface area (Å²) in [4.78, 5) is 26.2. The predicted molar refractivity (Wildman–Crippen MR) is 75.8 cm³/mol. The Morgan fingerprint density at radius 2 is 2.05 bits per heavy atom. The average molecular weight is 286 g/mol. The van der Waals surface area contributed by atoms with Gasteiger partial charge in [-0.1, -0.05) is 30.3 Å². The molecule has 1 aromatic carbocycles. The Kier molecular flexibility index (Phi) is 3.99.